The Bertz CT molecular complexity index is 1320. The van der Waals surface area contributed by atoms with Crippen LogP contribution in [0.1, 0.15) is 239 Å². The molecule has 0 radical (unpaired) electrons. The van der Waals surface area contributed by atoms with Crippen molar-refractivity contribution in [1.29, 1.82) is 0 Å². The number of phosphoric ester groups is 1. The van der Waals surface area contributed by atoms with Crippen LogP contribution < -0.4 is 5.32 Å². The molecule has 0 saturated carbocycles. The quantitative estimate of drug-likeness (QED) is 0.0243. The first kappa shape index (κ1) is 64.9. The predicted octanol–water partition coefficient (Wildman–Crippen LogP) is 16.7. The molecule has 0 heterocycles. The standard InChI is InChI=1S/C58H107N2O6P/c1-6-8-10-12-14-16-18-20-22-24-26-28-29-30-32-33-35-37-39-41-43-45-47-49-51-57(61)56(55-66-67(63,64)65-54-53-60(3,4)5)59-58(62)52-50-48-46-44-42-40-38-36-34-31-27-25-23-21-19-17-15-13-11-9-7-2/h9,11,15,17,21,23,27,31,36,38,49,51,56-57,61H,6-8,10,12-14,16,18-20,22,24-26,28-30,32-35,37,39-48,50,52-55H2,1-5H3,(H-,59,62,63,64)/p+1/b11-9-,17-15-,23-21-,31-27-,38-36-,51-49+. The van der Waals surface area contributed by atoms with Gasteiger partial charge in [0.05, 0.1) is 39.9 Å². The number of carbonyl (C=O) groups excluding carboxylic acids is 1. The van der Waals surface area contributed by atoms with E-state index in [1.54, 1.807) is 6.08 Å². The number of amides is 1. The fraction of sp³-hybridized carbons (Fsp3) is 0.776. The number of nitrogens with zero attached hydrogens (tertiary/aromatic N) is 1. The molecule has 9 heteroatoms. The van der Waals surface area contributed by atoms with Gasteiger partial charge in [-0.25, -0.2) is 4.57 Å². The van der Waals surface area contributed by atoms with Crippen LogP contribution >= 0.6 is 7.82 Å². The van der Waals surface area contributed by atoms with Crippen LogP contribution in [0.5, 0.6) is 0 Å². The van der Waals surface area contributed by atoms with Gasteiger partial charge in [-0.2, -0.15) is 0 Å². The molecule has 0 aromatic heterocycles. The fourth-order valence-electron chi connectivity index (χ4n) is 7.83. The Hall–Kier alpha value is -2.06. The number of aliphatic hydroxyl groups excluding tert-OH is 1. The van der Waals surface area contributed by atoms with Crippen LogP contribution in [-0.4, -0.2) is 73.4 Å². The van der Waals surface area contributed by atoms with Gasteiger partial charge in [0.2, 0.25) is 5.91 Å². The van der Waals surface area contributed by atoms with Crippen molar-refractivity contribution < 1.29 is 32.9 Å². The third-order valence-electron chi connectivity index (χ3n) is 12.2. The van der Waals surface area contributed by atoms with Gasteiger partial charge in [0.25, 0.3) is 0 Å². The number of hydrogen-bond acceptors (Lipinski definition) is 5. The van der Waals surface area contributed by atoms with Crippen molar-refractivity contribution in [3.8, 4) is 0 Å². The Kier molecular flexibility index (Phi) is 47.4. The number of phosphoric acid groups is 1. The number of unbranched alkanes of at least 4 members (excludes halogenated alkanes) is 27. The van der Waals surface area contributed by atoms with Crippen LogP contribution in [0, 0.1) is 0 Å². The average Bonchev–Trinajstić information content (AvgIpc) is 3.29. The summed E-state index contributed by atoms with van der Waals surface area (Å²) in [6.07, 6.45) is 67.1. The molecule has 8 nitrogen and oxygen atoms in total. The molecule has 0 bridgehead atoms. The van der Waals surface area contributed by atoms with Gasteiger partial charge in [0, 0.05) is 6.42 Å². The van der Waals surface area contributed by atoms with E-state index in [9.17, 15) is 19.4 Å². The van der Waals surface area contributed by atoms with E-state index in [-0.39, 0.29) is 19.1 Å². The minimum Gasteiger partial charge on any atom is -0.387 e. The second kappa shape index (κ2) is 48.9. The minimum atomic E-state index is -4.36. The van der Waals surface area contributed by atoms with E-state index in [2.05, 4.69) is 79.9 Å². The maximum Gasteiger partial charge on any atom is 0.472 e. The number of rotatable bonds is 50. The molecule has 3 N–H and O–H groups in total. The van der Waals surface area contributed by atoms with Crippen LogP contribution in [0.15, 0.2) is 72.9 Å². The first-order chi connectivity index (χ1) is 32.5. The highest BCUT2D eigenvalue weighted by molar-refractivity contribution is 7.47. The van der Waals surface area contributed by atoms with E-state index in [0.29, 0.717) is 17.4 Å². The van der Waals surface area contributed by atoms with Crippen molar-refractivity contribution >= 4 is 13.7 Å². The summed E-state index contributed by atoms with van der Waals surface area (Å²) in [5.74, 6) is -0.196. The van der Waals surface area contributed by atoms with Gasteiger partial charge in [-0.15, -0.1) is 0 Å². The van der Waals surface area contributed by atoms with Gasteiger partial charge in [-0.05, 0) is 64.2 Å². The molecule has 0 aromatic rings. The van der Waals surface area contributed by atoms with Crippen molar-refractivity contribution in [2.45, 2.75) is 251 Å². The molecule has 0 spiro atoms. The Balaban J connectivity index is 4.30. The molecule has 0 aliphatic rings. The van der Waals surface area contributed by atoms with Gasteiger partial charge in [0.15, 0.2) is 0 Å². The summed E-state index contributed by atoms with van der Waals surface area (Å²) in [4.78, 5) is 23.3. The van der Waals surface area contributed by atoms with E-state index in [4.69, 9.17) is 9.05 Å². The molecule has 0 saturated heterocycles. The van der Waals surface area contributed by atoms with Crippen molar-refractivity contribution in [2.24, 2.45) is 0 Å². The smallest absolute Gasteiger partial charge is 0.387 e. The van der Waals surface area contributed by atoms with E-state index in [1.807, 2.05) is 27.2 Å². The van der Waals surface area contributed by atoms with Gasteiger partial charge in [-0.3, -0.25) is 13.8 Å². The van der Waals surface area contributed by atoms with Crippen molar-refractivity contribution in [2.75, 3.05) is 40.9 Å². The maximum atomic E-state index is 13.0. The fourth-order valence-corrected chi connectivity index (χ4v) is 8.57. The molecule has 0 fully saturated rings. The SMILES string of the molecule is CC/C=C\C/C=C\C/C=C\C/C=C\C/C=C\CCCCCCCC(=O)NC(COP(=O)(O)OCC[N+](C)(C)C)C(O)/C=C/CCCCCCCCCCCCCCCCCCCCCCCC. The minimum absolute atomic E-state index is 0.0542. The van der Waals surface area contributed by atoms with E-state index in [1.165, 1.54) is 128 Å². The monoisotopic (exact) mass is 960 g/mol. The molecule has 0 aliphatic carbocycles. The lowest BCUT2D eigenvalue weighted by Gasteiger charge is -2.25. The number of quaternary nitrogens is 1. The summed E-state index contributed by atoms with van der Waals surface area (Å²) in [6, 6.07) is -0.862. The highest BCUT2D eigenvalue weighted by Gasteiger charge is 2.27. The Morgan fingerprint density at radius 3 is 1.31 bits per heavy atom. The summed E-state index contributed by atoms with van der Waals surface area (Å²) in [5, 5.41) is 13.9. The molecular formula is C58H108N2O6P+. The highest BCUT2D eigenvalue weighted by Crippen LogP contribution is 2.43. The summed E-state index contributed by atoms with van der Waals surface area (Å²) in [5.41, 5.74) is 0. The van der Waals surface area contributed by atoms with Crippen molar-refractivity contribution in [3.63, 3.8) is 0 Å². The number of aliphatic hydroxyl groups is 1. The van der Waals surface area contributed by atoms with Crippen LogP contribution in [0.25, 0.3) is 0 Å². The first-order valence-corrected chi connectivity index (χ1v) is 29.3. The number of likely N-dealkylation sites (N-methyl/N-ethyl adjacent to an activating group) is 1. The molecule has 0 rings (SSSR count). The Labute approximate surface area is 414 Å². The average molecular weight is 960 g/mol. The first-order valence-electron chi connectivity index (χ1n) is 27.8. The molecule has 1 amide bonds. The third kappa shape index (κ3) is 51.6. The lowest BCUT2D eigenvalue weighted by Crippen LogP contribution is -2.45. The lowest BCUT2D eigenvalue weighted by molar-refractivity contribution is -0.870. The third-order valence-corrected chi connectivity index (χ3v) is 13.2. The van der Waals surface area contributed by atoms with Gasteiger partial charge in [0.1, 0.15) is 13.2 Å². The topological polar surface area (TPSA) is 105 Å². The molecule has 390 valence electrons. The molecule has 67 heavy (non-hydrogen) atoms. The lowest BCUT2D eigenvalue weighted by atomic mass is 10.0. The van der Waals surface area contributed by atoms with Crippen LogP contribution in [0.4, 0.5) is 0 Å². The summed E-state index contributed by atoms with van der Waals surface area (Å²) >= 11 is 0. The number of carbonyl (C=O) groups is 1. The van der Waals surface area contributed by atoms with Crippen molar-refractivity contribution in [3.05, 3.63) is 72.9 Å². The number of allylic oxidation sites excluding steroid dienone is 11. The van der Waals surface area contributed by atoms with Crippen molar-refractivity contribution in [1.82, 2.24) is 5.32 Å². The molecule has 0 aliphatic heterocycles. The Morgan fingerprint density at radius 2 is 0.896 bits per heavy atom. The summed E-state index contributed by atoms with van der Waals surface area (Å²) < 4.78 is 23.7. The number of nitrogens with one attached hydrogen (secondary N) is 1. The second-order valence-corrected chi connectivity index (χ2v) is 21.4. The normalized spacial score (nSPS) is 14.6. The largest absolute Gasteiger partial charge is 0.472 e. The molecule has 3 unspecified atom stereocenters. The van der Waals surface area contributed by atoms with Crippen LogP contribution in [0.2, 0.25) is 0 Å². The number of hydrogen-bond donors (Lipinski definition) is 3. The molecule has 0 aromatic carbocycles. The second-order valence-electron chi connectivity index (χ2n) is 19.9. The van der Waals surface area contributed by atoms with E-state index < -0.39 is 20.0 Å². The van der Waals surface area contributed by atoms with Gasteiger partial charge >= 0.3 is 7.82 Å². The summed E-state index contributed by atoms with van der Waals surface area (Å²) in [7, 11) is 1.55. The van der Waals surface area contributed by atoms with Crippen LogP contribution in [0.3, 0.4) is 0 Å². The molecular weight excluding hydrogens is 852 g/mol. The van der Waals surface area contributed by atoms with Gasteiger partial charge < -0.3 is 19.8 Å². The zero-order chi connectivity index (χ0) is 49.2. The highest BCUT2D eigenvalue weighted by atomic mass is 31.2. The zero-order valence-corrected chi connectivity index (χ0v) is 45.3. The zero-order valence-electron chi connectivity index (χ0n) is 44.4. The predicted molar refractivity (Wildman–Crippen MR) is 290 cm³/mol. The maximum absolute atomic E-state index is 13.0. The van der Waals surface area contributed by atoms with E-state index in [0.717, 1.165) is 89.9 Å². The summed E-state index contributed by atoms with van der Waals surface area (Å²) in [6.45, 7) is 4.70. The molecule has 3 atom stereocenters. The Morgan fingerprint density at radius 1 is 0.522 bits per heavy atom. The van der Waals surface area contributed by atoms with Gasteiger partial charge in [-0.1, -0.05) is 241 Å². The van der Waals surface area contributed by atoms with E-state index >= 15 is 0 Å². The van der Waals surface area contributed by atoms with Crippen LogP contribution in [-0.2, 0) is 18.4 Å².